The molecule has 1 aromatic heterocycles. The molecule has 1 aromatic rings. The molecule has 1 saturated carbocycles. The first-order chi connectivity index (χ1) is 9.86. The van der Waals surface area contributed by atoms with Crippen molar-refractivity contribution in [1.29, 1.82) is 0 Å². The van der Waals surface area contributed by atoms with Crippen LogP contribution in [0.2, 0.25) is 0 Å². The molecule has 0 aliphatic heterocycles. The maximum atomic E-state index is 4.69. The predicted octanol–water partition coefficient (Wildman–Crippen LogP) is 3.74. The van der Waals surface area contributed by atoms with Gasteiger partial charge in [0.1, 0.15) is 5.82 Å². The average molecular weight is 275 g/mol. The van der Waals surface area contributed by atoms with E-state index in [4.69, 9.17) is 0 Å². The van der Waals surface area contributed by atoms with Crippen LogP contribution in [0.5, 0.6) is 0 Å². The molecule has 1 fully saturated rings. The van der Waals surface area contributed by atoms with Crippen molar-refractivity contribution < 1.29 is 0 Å². The van der Waals surface area contributed by atoms with Gasteiger partial charge in [0, 0.05) is 30.9 Å². The molecule has 112 valence electrons. The summed E-state index contributed by atoms with van der Waals surface area (Å²) in [5.41, 5.74) is 1.34. The third-order valence-corrected chi connectivity index (χ3v) is 4.24. The number of rotatable bonds is 7. The number of aromatic nitrogens is 1. The van der Waals surface area contributed by atoms with Gasteiger partial charge in [-0.05, 0) is 38.8 Å². The van der Waals surface area contributed by atoms with E-state index in [0.29, 0.717) is 6.04 Å². The van der Waals surface area contributed by atoms with Gasteiger partial charge in [-0.3, -0.25) is 0 Å². The van der Waals surface area contributed by atoms with Gasteiger partial charge in [-0.15, -0.1) is 0 Å². The lowest BCUT2D eigenvalue weighted by Gasteiger charge is -2.35. The molecule has 3 nitrogen and oxygen atoms in total. The molecule has 0 atom stereocenters. The van der Waals surface area contributed by atoms with Crippen LogP contribution in [-0.4, -0.2) is 24.1 Å². The molecule has 1 aliphatic carbocycles. The minimum absolute atomic E-state index is 0.688. The fraction of sp³-hybridized carbons (Fsp3) is 0.706. The highest BCUT2D eigenvalue weighted by Gasteiger charge is 2.22. The van der Waals surface area contributed by atoms with Gasteiger partial charge >= 0.3 is 0 Å². The lowest BCUT2D eigenvalue weighted by atomic mass is 9.94. The quantitative estimate of drug-likeness (QED) is 0.768. The van der Waals surface area contributed by atoms with Gasteiger partial charge in [0.05, 0.1) is 0 Å². The molecule has 1 N–H and O–H groups in total. The molecule has 3 heteroatoms. The molecule has 0 aromatic carbocycles. The Morgan fingerprint density at radius 3 is 2.75 bits per heavy atom. The minimum Gasteiger partial charge on any atom is -0.354 e. The van der Waals surface area contributed by atoms with Gasteiger partial charge < -0.3 is 10.2 Å². The van der Waals surface area contributed by atoms with E-state index in [0.717, 1.165) is 19.6 Å². The number of nitrogens with zero attached hydrogens (tertiary/aromatic N) is 2. The van der Waals surface area contributed by atoms with Gasteiger partial charge in [-0.25, -0.2) is 4.98 Å². The fourth-order valence-corrected chi connectivity index (χ4v) is 3.20. The Balaban J connectivity index is 2.11. The highest BCUT2D eigenvalue weighted by molar-refractivity contribution is 5.47. The summed E-state index contributed by atoms with van der Waals surface area (Å²) in [6.07, 6.45) is 9.91. The van der Waals surface area contributed by atoms with Crippen LogP contribution in [0.25, 0.3) is 0 Å². The molecule has 1 aliphatic rings. The zero-order chi connectivity index (χ0) is 14.2. The molecule has 1 heterocycles. The Bertz CT molecular complexity index is 386. The monoisotopic (exact) mass is 275 g/mol. The summed E-state index contributed by atoms with van der Waals surface area (Å²) in [5, 5.41) is 3.51. The second-order valence-corrected chi connectivity index (χ2v) is 5.74. The van der Waals surface area contributed by atoms with Gasteiger partial charge in [-0.1, -0.05) is 32.3 Å². The van der Waals surface area contributed by atoms with Crippen molar-refractivity contribution in [3.63, 3.8) is 0 Å². The largest absolute Gasteiger partial charge is 0.354 e. The smallest absolute Gasteiger partial charge is 0.133 e. The lowest BCUT2D eigenvalue weighted by molar-refractivity contribution is 0.415. The standard InChI is InChI=1S/C17H29N3/c1-3-12-18-14-15-9-8-13-19-17(15)20(4-2)16-10-6-5-7-11-16/h8-9,13,16,18H,3-7,10-12,14H2,1-2H3. The topological polar surface area (TPSA) is 28.2 Å². The van der Waals surface area contributed by atoms with Crippen molar-refractivity contribution in [1.82, 2.24) is 10.3 Å². The summed E-state index contributed by atoms with van der Waals surface area (Å²) in [4.78, 5) is 7.22. The second kappa shape index (κ2) is 8.25. The number of hydrogen-bond donors (Lipinski definition) is 1. The lowest BCUT2D eigenvalue weighted by Crippen LogP contribution is -2.38. The van der Waals surface area contributed by atoms with E-state index >= 15 is 0 Å². The van der Waals surface area contributed by atoms with E-state index in [9.17, 15) is 0 Å². The van der Waals surface area contributed by atoms with Crippen LogP contribution in [0.15, 0.2) is 18.3 Å². The van der Waals surface area contributed by atoms with Crippen LogP contribution < -0.4 is 10.2 Å². The molecule has 2 rings (SSSR count). The van der Waals surface area contributed by atoms with Crippen molar-refractivity contribution in [3.05, 3.63) is 23.9 Å². The van der Waals surface area contributed by atoms with Gasteiger partial charge in [-0.2, -0.15) is 0 Å². The second-order valence-electron chi connectivity index (χ2n) is 5.74. The molecule has 0 bridgehead atoms. The van der Waals surface area contributed by atoms with E-state index in [2.05, 4.69) is 41.2 Å². The minimum atomic E-state index is 0.688. The summed E-state index contributed by atoms with van der Waals surface area (Å²) in [6, 6.07) is 4.96. The summed E-state index contributed by atoms with van der Waals surface area (Å²) in [5.74, 6) is 1.20. The van der Waals surface area contributed by atoms with Crippen molar-refractivity contribution in [3.8, 4) is 0 Å². The SMILES string of the molecule is CCCNCc1cccnc1N(CC)C1CCCCC1. The van der Waals surface area contributed by atoms with Gasteiger partial charge in [0.25, 0.3) is 0 Å². The molecule has 0 saturated heterocycles. The normalized spacial score (nSPS) is 16.3. The maximum Gasteiger partial charge on any atom is 0.133 e. The number of anilines is 1. The highest BCUT2D eigenvalue weighted by Crippen LogP contribution is 2.27. The van der Waals surface area contributed by atoms with Crippen LogP contribution in [-0.2, 0) is 6.54 Å². The Kier molecular flexibility index (Phi) is 6.31. The number of nitrogens with one attached hydrogen (secondary N) is 1. The molecular weight excluding hydrogens is 246 g/mol. The Morgan fingerprint density at radius 1 is 1.25 bits per heavy atom. The third-order valence-electron chi connectivity index (χ3n) is 4.24. The van der Waals surface area contributed by atoms with Crippen LogP contribution in [0.4, 0.5) is 5.82 Å². The first-order valence-corrected chi connectivity index (χ1v) is 8.28. The highest BCUT2D eigenvalue weighted by atomic mass is 15.2. The molecule has 0 radical (unpaired) electrons. The fourth-order valence-electron chi connectivity index (χ4n) is 3.20. The van der Waals surface area contributed by atoms with Crippen molar-refractivity contribution in [2.24, 2.45) is 0 Å². The Hall–Kier alpha value is -1.09. The molecule has 0 amide bonds. The Labute approximate surface area is 123 Å². The summed E-state index contributed by atoms with van der Waals surface area (Å²) in [7, 11) is 0. The van der Waals surface area contributed by atoms with E-state index in [1.165, 1.54) is 49.9 Å². The Morgan fingerprint density at radius 2 is 2.05 bits per heavy atom. The zero-order valence-electron chi connectivity index (χ0n) is 13.1. The molecular formula is C17H29N3. The van der Waals surface area contributed by atoms with Crippen LogP contribution in [0.1, 0.15) is 57.9 Å². The average Bonchev–Trinajstić information content (AvgIpc) is 2.51. The van der Waals surface area contributed by atoms with Crippen molar-refractivity contribution in [2.45, 2.75) is 65.0 Å². The molecule has 0 spiro atoms. The third kappa shape index (κ3) is 3.95. The first-order valence-electron chi connectivity index (χ1n) is 8.28. The van der Waals surface area contributed by atoms with Crippen LogP contribution in [0.3, 0.4) is 0 Å². The molecule has 0 unspecified atom stereocenters. The predicted molar refractivity (Wildman–Crippen MR) is 86.1 cm³/mol. The molecule has 20 heavy (non-hydrogen) atoms. The summed E-state index contributed by atoms with van der Waals surface area (Å²) in [6.45, 7) is 7.52. The van der Waals surface area contributed by atoms with E-state index in [1.54, 1.807) is 0 Å². The van der Waals surface area contributed by atoms with Crippen LogP contribution in [0, 0.1) is 0 Å². The van der Waals surface area contributed by atoms with E-state index in [-0.39, 0.29) is 0 Å². The van der Waals surface area contributed by atoms with Gasteiger partial charge in [0.2, 0.25) is 0 Å². The zero-order valence-corrected chi connectivity index (χ0v) is 13.1. The first kappa shape index (κ1) is 15.3. The maximum absolute atomic E-state index is 4.69. The number of hydrogen-bond acceptors (Lipinski definition) is 3. The van der Waals surface area contributed by atoms with Crippen molar-refractivity contribution >= 4 is 5.82 Å². The van der Waals surface area contributed by atoms with Crippen molar-refractivity contribution in [2.75, 3.05) is 18.0 Å². The summed E-state index contributed by atoms with van der Waals surface area (Å²) < 4.78 is 0. The van der Waals surface area contributed by atoms with Gasteiger partial charge in [0.15, 0.2) is 0 Å². The number of pyridine rings is 1. The van der Waals surface area contributed by atoms with E-state index in [1.807, 2.05) is 6.20 Å². The van der Waals surface area contributed by atoms with E-state index < -0.39 is 0 Å². The van der Waals surface area contributed by atoms with Crippen LogP contribution >= 0.6 is 0 Å². The summed E-state index contributed by atoms with van der Waals surface area (Å²) >= 11 is 0.